The zero-order chi connectivity index (χ0) is 36.7. The van der Waals surface area contributed by atoms with Crippen molar-refractivity contribution >= 4 is 24.9 Å². The smallest absolute Gasteiger partial charge is 0.255 e. The van der Waals surface area contributed by atoms with Gasteiger partial charge in [0, 0.05) is 24.0 Å². The molecule has 0 saturated carbocycles. The number of nitrogens with one attached hydrogen (secondary N) is 1. The fraction of sp³-hybridized carbons (Fsp3) is 0.357. The molecule has 1 aliphatic heterocycles. The number of ether oxygens (including phenoxy) is 3. The van der Waals surface area contributed by atoms with E-state index in [0.717, 1.165) is 47.5 Å². The molecule has 1 saturated heterocycles. The standard InChI is InChI=1S/C42H50N4O5Si/c1-29-39(23-14-30-10-9-13-33(26-30)43-42(48)32-15-17-34(49-2)18-16-32)51-40(41(29)52(4,5)36-21-19-35(50-3)20-22-36)24-25-46-27-38(44-45-46)37(28-47)31-11-7-6-8-12-31/h6-13,15-22,26-27,29,37,39-41,47H,14,23-25,28H2,1-5H3,(H,43,48)/t29-,37?,39+,40-,41+/m1/s1. The van der Waals surface area contributed by atoms with Crippen LogP contribution in [0.2, 0.25) is 18.6 Å². The second-order valence-corrected chi connectivity index (χ2v) is 19.0. The van der Waals surface area contributed by atoms with E-state index in [4.69, 9.17) is 14.2 Å². The number of carbonyl (C=O) groups is 1. The Morgan fingerprint density at radius 2 is 1.60 bits per heavy atom. The van der Waals surface area contributed by atoms with Gasteiger partial charge in [0.05, 0.1) is 52.7 Å². The Morgan fingerprint density at radius 1 is 0.904 bits per heavy atom. The first-order valence-electron chi connectivity index (χ1n) is 18.1. The van der Waals surface area contributed by atoms with Crippen LogP contribution in [0.15, 0.2) is 109 Å². The summed E-state index contributed by atoms with van der Waals surface area (Å²) in [5.41, 5.74) is 4.65. The minimum atomic E-state index is -2.04. The van der Waals surface area contributed by atoms with Gasteiger partial charge in [0.1, 0.15) is 11.5 Å². The van der Waals surface area contributed by atoms with Crippen LogP contribution in [0.4, 0.5) is 5.69 Å². The van der Waals surface area contributed by atoms with E-state index >= 15 is 0 Å². The largest absolute Gasteiger partial charge is 0.497 e. The third-order valence-corrected chi connectivity index (χ3v) is 15.2. The maximum Gasteiger partial charge on any atom is 0.255 e. The molecule has 0 radical (unpaired) electrons. The molecule has 0 bridgehead atoms. The van der Waals surface area contributed by atoms with Crippen molar-refractivity contribution in [2.24, 2.45) is 5.92 Å². The quantitative estimate of drug-likeness (QED) is 0.111. The monoisotopic (exact) mass is 718 g/mol. The summed E-state index contributed by atoms with van der Waals surface area (Å²) in [4.78, 5) is 12.9. The number of benzene rings is 4. The van der Waals surface area contributed by atoms with Crippen LogP contribution in [0.1, 0.15) is 52.9 Å². The molecule has 5 aromatic rings. The minimum Gasteiger partial charge on any atom is -0.497 e. The zero-order valence-corrected chi connectivity index (χ0v) is 31.7. The number of hydrogen-bond acceptors (Lipinski definition) is 7. The lowest BCUT2D eigenvalue weighted by molar-refractivity contribution is 0.0249. The number of carbonyl (C=O) groups excluding carboxylic acids is 1. The van der Waals surface area contributed by atoms with Gasteiger partial charge in [-0.1, -0.05) is 85.0 Å². The molecule has 1 aromatic heterocycles. The highest BCUT2D eigenvalue weighted by atomic mass is 28.3. The van der Waals surface area contributed by atoms with E-state index in [1.165, 1.54) is 5.19 Å². The average Bonchev–Trinajstić information content (AvgIpc) is 3.77. The van der Waals surface area contributed by atoms with Crippen LogP contribution in [0.3, 0.4) is 0 Å². The molecule has 1 fully saturated rings. The molecule has 9 nitrogen and oxygen atoms in total. The van der Waals surface area contributed by atoms with Gasteiger partial charge in [-0.05, 0) is 90.4 Å². The number of amides is 1. The van der Waals surface area contributed by atoms with Crippen molar-refractivity contribution in [3.63, 3.8) is 0 Å². The van der Waals surface area contributed by atoms with Crippen LogP contribution in [-0.2, 0) is 17.7 Å². The molecule has 1 aliphatic rings. The molecule has 5 atom stereocenters. The van der Waals surface area contributed by atoms with Gasteiger partial charge in [0.15, 0.2) is 0 Å². The lowest BCUT2D eigenvalue weighted by atomic mass is 9.95. The van der Waals surface area contributed by atoms with Crippen molar-refractivity contribution in [3.05, 3.63) is 132 Å². The molecular formula is C42H50N4O5Si. The average molecular weight is 719 g/mol. The predicted molar refractivity (Wildman–Crippen MR) is 207 cm³/mol. The van der Waals surface area contributed by atoms with Crippen LogP contribution >= 0.6 is 0 Å². The predicted octanol–water partition coefficient (Wildman–Crippen LogP) is 7.08. The summed E-state index contributed by atoms with van der Waals surface area (Å²) in [6, 6.07) is 33.7. The Balaban J connectivity index is 1.16. The number of aliphatic hydroxyl groups excluding tert-OH is 1. The number of aliphatic hydroxyl groups is 1. The summed E-state index contributed by atoms with van der Waals surface area (Å²) in [5, 5.41) is 23.6. The van der Waals surface area contributed by atoms with Crippen LogP contribution in [0.25, 0.3) is 0 Å². The van der Waals surface area contributed by atoms with Gasteiger partial charge in [-0.15, -0.1) is 5.10 Å². The molecule has 0 aliphatic carbocycles. The lowest BCUT2D eigenvalue weighted by Crippen LogP contribution is -2.50. The molecule has 10 heteroatoms. The Morgan fingerprint density at radius 3 is 2.27 bits per heavy atom. The second kappa shape index (κ2) is 16.7. The molecule has 1 amide bonds. The molecule has 6 rings (SSSR count). The van der Waals surface area contributed by atoms with Crippen LogP contribution in [-0.4, -0.2) is 67.1 Å². The fourth-order valence-corrected chi connectivity index (χ4v) is 12.0. The Kier molecular flexibility index (Phi) is 11.9. The van der Waals surface area contributed by atoms with Gasteiger partial charge < -0.3 is 24.6 Å². The van der Waals surface area contributed by atoms with Crippen molar-refractivity contribution in [2.45, 2.75) is 69.5 Å². The first kappa shape index (κ1) is 37.0. The van der Waals surface area contributed by atoms with E-state index in [1.807, 2.05) is 53.3 Å². The highest BCUT2D eigenvalue weighted by molar-refractivity contribution is 6.91. The van der Waals surface area contributed by atoms with E-state index in [-0.39, 0.29) is 30.6 Å². The van der Waals surface area contributed by atoms with E-state index in [0.29, 0.717) is 29.3 Å². The minimum absolute atomic E-state index is 0.0324. The summed E-state index contributed by atoms with van der Waals surface area (Å²) in [6.07, 6.45) is 4.61. The normalized spacial score (nSPS) is 19.3. The molecule has 2 N–H and O–H groups in total. The Hall–Kier alpha value is -4.77. The van der Waals surface area contributed by atoms with Gasteiger partial charge in [0.2, 0.25) is 0 Å². The number of nitrogens with zero attached hydrogens (tertiary/aromatic N) is 3. The van der Waals surface area contributed by atoms with Crippen molar-refractivity contribution in [2.75, 3.05) is 26.1 Å². The topological polar surface area (TPSA) is 108 Å². The van der Waals surface area contributed by atoms with Gasteiger partial charge >= 0.3 is 0 Å². The lowest BCUT2D eigenvalue weighted by Gasteiger charge is -2.36. The summed E-state index contributed by atoms with van der Waals surface area (Å²) in [6.45, 7) is 7.92. The second-order valence-electron chi connectivity index (χ2n) is 14.3. The molecule has 272 valence electrons. The first-order chi connectivity index (χ1) is 25.2. The number of hydrogen-bond donors (Lipinski definition) is 2. The van der Waals surface area contributed by atoms with E-state index in [9.17, 15) is 9.90 Å². The summed E-state index contributed by atoms with van der Waals surface area (Å²) < 4.78 is 19.6. The third-order valence-electron chi connectivity index (χ3n) is 10.8. The maximum atomic E-state index is 12.9. The van der Waals surface area contributed by atoms with Gasteiger partial charge in [-0.2, -0.15) is 0 Å². The summed E-state index contributed by atoms with van der Waals surface area (Å²) >= 11 is 0. The molecule has 0 spiro atoms. The number of anilines is 1. The van der Waals surface area contributed by atoms with Crippen molar-refractivity contribution in [3.8, 4) is 11.5 Å². The molecule has 52 heavy (non-hydrogen) atoms. The van der Waals surface area contributed by atoms with Crippen molar-refractivity contribution in [1.29, 1.82) is 0 Å². The molecular weight excluding hydrogens is 669 g/mol. The van der Waals surface area contributed by atoms with Crippen LogP contribution < -0.4 is 20.0 Å². The van der Waals surface area contributed by atoms with Crippen molar-refractivity contribution < 1.29 is 24.1 Å². The Bertz CT molecular complexity index is 1900. The van der Waals surface area contributed by atoms with Crippen LogP contribution in [0, 0.1) is 5.92 Å². The highest BCUT2D eigenvalue weighted by Crippen LogP contribution is 2.46. The number of aryl methyl sites for hydroxylation is 2. The maximum absolute atomic E-state index is 12.9. The Labute approximate surface area is 308 Å². The number of rotatable bonds is 15. The molecule has 4 aromatic carbocycles. The summed E-state index contributed by atoms with van der Waals surface area (Å²) in [5.74, 6) is 1.54. The van der Waals surface area contributed by atoms with Gasteiger partial charge in [-0.3, -0.25) is 9.48 Å². The zero-order valence-electron chi connectivity index (χ0n) is 30.7. The SMILES string of the molecule is COc1ccc(C(=O)Nc2cccc(CC[C@@H]3O[C@H](CCn4cc(C(CO)c5ccccc5)nn4)[C@@H]([Si](C)(C)c4ccc(OC)cc4)[C@@H]3C)c2)cc1. The van der Waals surface area contributed by atoms with Crippen molar-refractivity contribution in [1.82, 2.24) is 15.0 Å². The molecule has 2 heterocycles. The first-order valence-corrected chi connectivity index (χ1v) is 21.2. The van der Waals surface area contributed by atoms with Crippen LogP contribution in [0.5, 0.6) is 11.5 Å². The fourth-order valence-electron chi connectivity index (χ4n) is 7.87. The van der Waals surface area contributed by atoms with E-state index < -0.39 is 8.07 Å². The van der Waals surface area contributed by atoms with Gasteiger partial charge in [-0.25, -0.2) is 0 Å². The number of methoxy groups -OCH3 is 2. The number of aromatic nitrogens is 3. The third kappa shape index (κ3) is 8.47. The van der Waals surface area contributed by atoms with Gasteiger partial charge in [0.25, 0.3) is 5.91 Å². The van der Waals surface area contributed by atoms with E-state index in [1.54, 1.807) is 38.5 Å². The van der Waals surface area contributed by atoms with E-state index in [2.05, 4.69) is 72.0 Å². The highest BCUT2D eigenvalue weighted by Gasteiger charge is 2.50. The molecule has 1 unspecified atom stereocenters. The summed E-state index contributed by atoms with van der Waals surface area (Å²) in [7, 11) is 1.27.